The third kappa shape index (κ3) is 5.77. The number of aliphatic hydroxyl groups is 1. The topological polar surface area (TPSA) is 111 Å². The van der Waals surface area contributed by atoms with Crippen molar-refractivity contribution in [2.75, 3.05) is 36.5 Å². The average Bonchev–Trinajstić information content (AvgIpc) is 3.65. The molecule has 3 N–H and O–H groups in total. The molecule has 5 atom stereocenters. The van der Waals surface area contributed by atoms with Crippen LogP contribution in [0.3, 0.4) is 0 Å². The van der Waals surface area contributed by atoms with Crippen LogP contribution in [0.1, 0.15) is 57.9 Å². The number of nitrogens with zero attached hydrogens (tertiary/aromatic N) is 2. The van der Waals surface area contributed by atoms with E-state index < -0.39 is 23.5 Å². The van der Waals surface area contributed by atoms with Crippen molar-refractivity contribution < 1.29 is 24.2 Å². The number of hydrogen-bond donors (Lipinski definition) is 3. The zero-order valence-corrected chi connectivity index (χ0v) is 24.8. The number of nitrogens with one attached hydrogen (secondary N) is 2. The minimum atomic E-state index is -1.02. The van der Waals surface area contributed by atoms with Gasteiger partial charge in [-0.05, 0) is 69.4 Å². The number of amides is 3. The van der Waals surface area contributed by atoms with Gasteiger partial charge in [0.1, 0.15) is 11.6 Å². The van der Waals surface area contributed by atoms with Crippen molar-refractivity contribution in [1.82, 2.24) is 10.2 Å². The summed E-state index contributed by atoms with van der Waals surface area (Å²) >= 11 is 0. The number of anilines is 2. The first-order valence-electron chi connectivity index (χ1n) is 15.5. The lowest BCUT2D eigenvalue weighted by Crippen LogP contribution is -2.53. The molecule has 3 aliphatic rings. The van der Waals surface area contributed by atoms with Crippen molar-refractivity contribution in [1.29, 1.82) is 0 Å². The van der Waals surface area contributed by atoms with Gasteiger partial charge in [0.25, 0.3) is 0 Å². The molecule has 226 valence electrons. The summed E-state index contributed by atoms with van der Waals surface area (Å²) in [5, 5.41) is 15.2. The number of carbonyl (C=O) groups excluding carboxylic acids is 3. The van der Waals surface area contributed by atoms with E-state index in [1.807, 2.05) is 54.6 Å². The third-order valence-electron chi connectivity index (χ3n) is 9.23. The van der Waals surface area contributed by atoms with Crippen LogP contribution in [0.2, 0.25) is 0 Å². The van der Waals surface area contributed by atoms with Crippen molar-refractivity contribution in [3.05, 3.63) is 60.2 Å². The van der Waals surface area contributed by atoms with Gasteiger partial charge in [0.2, 0.25) is 17.7 Å². The van der Waals surface area contributed by atoms with Gasteiger partial charge in [-0.15, -0.1) is 0 Å². The molecule has 9 heteroatoms. The minimum Gasteiger partial charge on any atom is -0.396 e. The summed E-state index contributed by atoms with van der Waals surface area (Å²) in [5.74, 6) is -1.96. The fraction of sp³-hybridized carbons (Fsp3) is 0.545. The van der Waals surface area contributed by atoms with Gasteiger partial charge < -0.3 is 30.3 Å². The molecule has 2 aromatic carbocycles. The maximum Gasteiger partial charge on any atom is 0.250 e. The van der Waals surface area contributed by atoms with Crippen LogP contribution in [0.4, 0.5) is 11.4 Å². The molecule has 0 aromatic heterocycles. The molecule has 9 nitrogen and oxygen atoms in total. The quantitative estimate of drug-likeness (QED) is 0.296. The molecule has 3 amide bonds. The van der Waals surface area contributed by atoms with Gasteiger partial charge >= 0.3 is 0 Å². The van der Waals surface area contributed by atoms with E-state index in [1.54, 1.807) is 4.90 Å². The summed E-state index contributed by atoms with van der Waals surface area (Å²) < 4.78 is 6.54. The van der Waals surface area contributed by atoms with Gasteiger partial charge in [0, 0.05) is 44.2 Å². The number of ether oxygens (including phenoxy) is 1. The summed E-state index contributed by atoms with van der Waals surface area (Å²) in [6.45, 7) is 6.92. The predicted molar refractivity (Wildman–Crippen MR) is 162 cm³/mol. The molecule has 0 saturated carbocycles. The molecule has 3 aliphatic heterocycles. The first kappa shape index (κ1) is 30.0. The van der Waals surface area contributed by atoms with E-state index in [9.17, 15) is 14.4 Å². The fourth-order valence-corrected chi connectivity index (χ4v) is 7.20. The van der Waals surface area contributed by atoms with Crippen molar-refractivity contribution in [3.8, 4) is 0 Å². The lowest BCUT2D eigenvalue weighted by Gasteiger charge is -2.33. The molecule has 2 bridgehead atoms. The van der Waals surface area contributed by atoms with Crippen LogP contribution in [-0.4, -0.2) is 71.7 Å². The SMILES string of the molecule is CCN(CC)c1ccc(NC(=O)C2N(CCCCCCO)C(=O)[C@@H]3[C@H](C(=O)NCc4ccccc4)[C@@H]4CCC23O4)cc1. The molecule has 0 aliphatic carbocycles. The number of aliphatic hydroxyl groups excluding tert-OH is 1. The maximum atomic E-state index is 14.1. The van der Waals surface area contributed by atoms with Crippen molar-refractivity contribution in [3.63, 3.8) is 0 Å². The lowest BCUT2D eigenvalue weighted by atomic mass is 9.70. The molecule has 0 radical (unpaired) electrons. The van der Waals surface area contributed by atoms with Gasteiger partial charge in [-0.3, -0.25) is 14.4 Å². The highest BCUT2D eigenvalue weighted by Crippen LogP contribution is 2.58. The van der Waals surface area contributed by atoms with Crippen molar-refractivity contribution in [2.45, 2.75) is 76.7 Å². The molecular weight excluding hydrogens is 532 g/mol. The fourth-order valence-electron chi connectivity index (χ4n) is 7.20. The second-order valence-corrected chi connectivity index (χ2v) is 11.6. The van der Waals surface area contributed by atoms with Crippen LogP contribution in [0, 0.1) is 11.8 Å². The van der Waals surface area contributed by atoms with Gasteiger partial charge in [-0.2, -0.15) is 0 Å². The average molecular weight is 577 g/mol. The first-order chi connectivity index (χ1) is 20.4. The molecule has 2 unspecified atom stereocenters. The van der Waals surface area contributed by atoms with Crippen molar-refractivity contribution >= 4 is 29.1 Å². The summed E-state index contributed by atoms with van der Waals surface area (Å²) in [6, 6.07) is 16.6. The van der Waals surface area contributed by atoms with Crippen LogP contribution < -0.4 is 15.5 Å². The predicted octanol–water partition coefficient (Wildman–Crippen LogP) is 3.72. The molecule has 2 aromatic rings. The monoisotopic (exact) mass is 576 g/mol. The molecule has 1 spiro atoms. The number of likely N-dealkylation sites (tertiary alicyclic amines) is 1. The molecule has 42 heavy (non-hydrogen) atoms. The third-order valence-corrected chi connectivity index (χ3v) is 9.23. The van der Waals surface area contributed by atoms with Gasteiger partial charge in [-0.25, -0.2) is 0 Å². The van der Waals surface area contributed by atoms with Crippen molar-refractivity contribution in [2.24, 2.45) is 11.8 Å². The first-order valence-corrected chi connectivity index (χ1v) is 15.5. The maximum absolute atomic E-state index is 14.1. The van der Waals surface area contributed by atoms with Gasteiger partial charge in [0.05, 0.1) is 17.9 Å². The van der Waals surface area contributed by atoms with E-state index in [0.29, 0.717) is 44.5 Å². The smallest absolute Gasteiger partial charge is 0.250 e. The Morgan fingerprint density at radius 1 is 1.00 bits per heavy atom. The Labute approximate surface area is 248 Å². The number of carbonyl (C=O) groups is 3. The molecular formula is C33H44N4O5. The molecule has 3 heterocycles. The number of benzene rings is 2. The standard InChI is InChI=1S/C33H44N4O5/c1-3-36(4-2)25-16-14-24(15-17-25)35-31(40)29-33-19-18-26(42-33)27(30(39)34-22-23-12-8-7-9-13-23)28(33)32(41)37(29)20-10-5-6-11-21-38/h7-9,12-17,26-29,38H,3-6,10-11,18-22H2,1-2H3,(H,34,39)(H,35,40)/t26-,27+,28-,29?,33?/m0/s1. The second kappa shape index (κ2) is 13.3. The highest BCUT2D eigenvalue weighted by atomic mass is 16.5. The second-order valence-electron chi connectivity index (χ2n) is 11.6. The number of fused-ring (bicyclic) bond motifs is 1. The van der Waals surface area contributed by atoms with E-state index >= 15 is 0 Å². The highest BCUT2D eigenvalue weighted by Gasteiger charge is 2.74. The van der Waals surface area contributed by atoms with Crippen LogP contribution in [0.5, 0.6) is 0 Å². The van der Waals surface area contributed by atoms with E-state index in [0.717, 1.165) is 37.2 Å². The molecule has 3 saturated heterocycles. The Bertz CT molecular complexity index is 1230. The summed E-state index contributed by atoms with van der Waals surface area (Å²) in [5.41, 5.74) is 1.71. The van der Waals surface area contributed by atoms with E-state index in [4.69, 9.17) is 9.84 Å². The number of hydrogen-bond acceptors (Lipinski definition) is 6. The Kier molecular flexibility index (Phi) is 9.48. The Balaban J connectivity index is 1.36. The Morgan fingerprint density at radius 2 is 1.71 bits per heavy atom. The summed E-state index contributed by atoms with van der Waals surface area (Å²) in [4.78, 5) is 45.5. The van der Waals surface area contributed by atoms with Gasteiger partial charge in [-0.1, -0.05) is 43.2 Å². The lowest BCUT2D eigenvalue weighted by molar-refractivity contribution is -0.141. The Morgan fingerprint density at radius 3 is 2.40 bits per heavy atom. The van der Waals surface area contributed by atoms with Crippen LogP contribution in [-0.2, 0) is 25.7 Å². The van der Waals surface area contributed by atoms with E-state index in [1.165, 1.54) is 0 Å². The number of rotatable bonds is 14. The Hall–Kier alpha value is -3.43. The highest BCUT2D eigenvalue weighted by molar-refractivity contribution is 6.03. The van der Waals surface area contributed by atoms with Gasteiger partial charge in [0.15, 0.2) is 0 Å². The summed E-state index contributed by atoms with van der Waals surface area (Å²) in [7, 11) is 0. The van der Waals surface area contributed by atoms with E-state index in [2.05, 4.69) is 29.4 Å². The zero-order chi connectivity index (χ0) is 29.7. The van der Waals surface area contributed by atoms with Crippen LogP contribution in [0.15, 0.2) is 54.6 Å². The largest absolute Gasteiger partial charge is 0.396 e. The number of unbranched alkanes of at least 4 members (excludes halogenated alkanes) is 3. The molecule has 3 fully saturated rings. The zero-order valence-electron chi connectivity index (χ0n) is 24.8. The molecule has 5 rings (SSSR count). The van der Waals surface area contributed by atoms with Crippen LogP contribution in [0.25, 0.3) is 0 Å². The van der Waals surface area contributed by atoms with Crippen LogP contribution >= 0.6 is 0 Å². The van der Waals surface area contributed by atoms with E-state index in [-0.39, 0.29) is 30.4 Å². The minimum absolute atomic E-state index is 0.140. The normalized spacial score (nSPS) is 25.9. The summed E-state index contributed by atoms with van der Waals surface area (Å²) in [6.07, 6.45) is 3.94.